The Morgan fingerprint density at radius 3 is 2.48 bits per heavy atom. The number of piperidine rings is 1. The number of nitrogens with one attached hydrogen (secondary N) is 1. The van der Waals surface area contributed by atoms with E-state index in [0.717, 1.165) is 0 Å². The molecular weight excluding hydrogens is 272 g/mol. The fourth-order valence-corrected chi connectivity index (χ4v) is 2.33. The highest BCUT2D eigenvalue weighted by Crippen LogP contribution is 2.20. The third kappa shape index (κ3) is 4.11. The van der Waals surface area contributed by atoms with Gasteiger partial charge in [0.1, 0.15) is 5.75 Å². The van der Waals surface area contributed by atoms with E-state index >= 15 is 0 Å². The molecule has 2 amide bonds. The second-order valence-electron chi connectivity index (χ2n) is 4.99. The Kier molecular flexibility index (Phi) is 5.03. The number of rotatable bonds is 3. The monoisotopic (exact) mass is 292 g/mol. The molecule has 1 saturated heterocycles. The smallest absolute Gasteiger partial charge is 0.321 e. The summed E-state index contributed by atoms with van der Waals surface area (Å²) < 4.78 is 5.00. The van der Waals surface area contributed by atoms with Crippen LogP contribution in [0.1, 0.15) is 19.8 Å². The molecule has 0 atom stereocenters. The third-order valence-corrected chi connectivity index (χ3v) is 3.52. The van der Waals surface area contributed by atoms with Crippen LogP contribution in [0.15, 0.2) is 24.3 Å². The van der Waals surface area contributed by atoms with Crippen molar-refractivity contribution in [2.75, 3.05) is 25.0 Å². The molecule has 21 heavy (non-hydrogen) atoms. The summed E-state index contributed by atoms with van der Waals surface area (Å²) in [5, 5.41) is 12.0. The normalized spacial score (nSPS) is 15.6. The van der Waals surface area contributed by atoms with Gasteiger partial charge in [-0.25, -0.2) is 4.79 Å². The lowest BCUT2D eigenvalue weighted by atomic mass is 9.97. The van der Waals surface area contributed by atoms with Crippen LogP contribution in [-0.4, -0.2) is 41.7 Å². The summed E-state index contributed by atoms with van der Waals surface area (Å²) in [4.78, 5) is 25.4. The molecule has 0 spiro atoms. The van der Waals surface area contributed by atoms with E-state index in [1.807, 2.05) is 0 Å². The van der Waals surface area contributed by atoms with Crippen molar-refractivity contribution in [2.24, 2.45) is 5.92 Å². The van der Waals surface area contributed by atoms with Gasteiger partial charge in [-0.05, 0) is 44.0 Å². The minimum atomic E-state index is -0.192. The van der Waals surface area contributed by atoms with Gasteiger partial charge in [-0.3, -0.25) is 4.79 Å². The lowest BCUT2D eigenvalue weighted by molar-refractivity contribution is -0.149. The van der Waals surface area contributed by atoms with Crippen molar-refractivity contribution in [3.05, 3.63) is 24.3 Å². The highest BCUT2D eigenvalue weighted by atomic mass is 16.5. The quantitative estimate of drug-likeness (QED) is 0.661. The van der Waals surface area contributed by atoms with Gasteiger partial charge in [0.15, 0.2) is 0 Å². The van der Waals surface area contributed by atoms with Crippen LogP contribution in [0.4, 0.5) is 10.5 Å². The highest BCUT2D eigenvalue weighted by molar-refractivity contribution is 5.89. The van der Waals surface area contributed by atoms with Crippen molar-refractivity contribution in [2.45, 2.75) is 19.8 Å². The first-order chi connectivity index (χ1) is 10.1. The van der Waals surface area contributed by atoms with Gasteiger partial charge >= 0.3 is 12.0 Å². The first-order valence-corrected chi connectivity index (χ1v) is 7.11. The van der Waals surface area contributed by atoms with Crippen molar-refractivity contribution in [1.82, 2.24) is 4.90 Å². The molecule has 0 radical (unpaired) electrons. The molecule has 0 aromatic heterocycles. The summed E-state index contributed by atoms with van der Waals surface area (Å²) in [6.07, 6.45) is 1.25. The number of phenolic OH excluding ortho intramolecular Hbond substituents is 1. The number of phenols is 1. The molecule has 0 bridgehead atoms. The lowest BCUT2D eigenvalue weighted by Gasteiger charge is -2.30. The SMILES string of the molecule is CCOC(=O)C1CCN(C(=O)Nc2ccc(O)cc2)CC1. The number of likely N-dealkylation sites (tertiary alicyclic amines) is 1. The van der Waals surface area contributed by atoms with E-state index in [1.165, 1.54) is 12.1 Å². The Hall–Kier alpha value is -2.24. The standard InChI is InChI=1S/C15H20N2O4/c1-2-21-14(19)11-7-9-17(10-8-11)15(20)16-12-3-5-13(18)6-4-12/h3-6,11,18H,2,7-10H2,1H3,(H,16,20). The van der Waals surface area contributed by atoms with Crippen LogP contribution in [0.2, 0.25) is 0 Å². The average molecular weight is 292 g/mol. The van der Waals surface area contributed by atoms with E-state index in [2.05, 4.69) is 5.32 Å². The summed E-state index contributed by atoms with van der Waals surface area (Å²) in [6, 6.07) is 6.12. The molecule has 2 rings (SSSR count). The molecular formula is C15H20N2O4. The molecule has 1 fully saturated rings. The summed E-state index contributed by atoms with van der Waals surface area (Å²) in [7, 11) is 0. The molecule has 114 valence electrons. The number of aromatic hydroxyl groups is 1. The van der Waals surface area contributed by atoms with Crippen LogP contribution in [0.5, 0.6) is 5.75 Å². The van der Waals surface area contributed by atoms with Crippen molar-refractivity contribution >= 4 is 17.7 Å². The maximum Gasteiger partial charge on any atom is 0.321 e. The van der Waals surface area contributed by atoms with E-state index in [0.29, 0.717) is 38.2 Å². The Morgan fingerprint density at radius 2 is 1.90 bits per heavy atom. The van der Waals surface area contributed by atoms with E-state index in [-0.39, 0.29) is 23.7 Å². The summed E-state index contributed by atoms with van der Waals surface area (Å²) in [6.45, 7) is 3.25. The molecule has 1 heterocycles. The lowest BCUT2D eigenvalue weighted by Crippen LogP contribution is -2.42. The van der Waals surface area contributed by atoms with Crippen LogP contribution >= 0.6 is 0 Å². The van der Waals surface area contributed by atoms with Gasteiger partial charge in [-0.15, -0.1) is 0 Å². The Bertz CT molecular complexity index is 493. The van der Waals surface area contributed by atoms with Crippen molar-refractivity contribution < 1.29 is 19.4 Å². The van der Waals surface area contributed by atoms with Crippen molar-refractivity contribution in [3.63, 3.8) is 0 Å². The minimum Gasteiger partial charge on any atom is -0.508 e. The van der Waals surface area contributed by atoms with Crippen molar-refractivity contribution in [3.8, 4) is 5.75 Å². The van der Waals surface area contributed by atoms with Gasteiger partial charge in [0, 0.05) is 18.8 Å². The predicted octanol–water partition coefficient (Wildman–Crippen LogP) is 2.20. The maximum absolute atomic E-state index is 12.1. The molecule has 0 unspecified atom stereocenters. The van der Waals surface area contributed by atoms with Crippen LogP contribution in [0, 0.1) is 5.92 Å². The average Bonchev–Trinajstić information content (AvgIpc) is 2.50. The predicted molar refractivity (Wildman–Crippen MR) is 78.1 cm³/mol. The number of urea groups is 1. The number of ether oxygens (including phenoxy) is 1. The Morgan fingerprint density at radius 1 is 1.29 bits per heavy atom. The summed E-state index contributed by atoms with van der Waals surface area (Å²) in [5.41, 5.74) is 0.630. The number of carbonyl (C=O) groups is 2. The van der Waals surface area contributed by atoms with Crippen LogP contribution in [0.3, 0.4) is 0 Å². The zero-order valence-corrected chi connectivity index (χ0v) is 12.0. The number of anilines is 1. The number of amides is 2. The van der Waals surface area contributed by atoms with Gasteiger partial charge in [0.25, 0.3) is 0 Å². The molecule has 1 aromatic rings. The zero-order valence-electron chi connectivity index (χ0n) is 12.0. The van der Waals surface area contributed by atoms with Gasteiger partial charge in [-0.2, -0.15) is 0 Å². The molecule has 2 N–H and O–H groups in total. The number of carbonyl (C=O) groups excluding carboxylic acids is 2. The Balaban J connectivity index is 1.83. The van der Waals surface area contributed by atoms with Crippen LogP contribution in [-0.2, 0) is 9.53 Å². The molecule has 1 aliphatic heterocycles. The number of hydrogen-bond acceptors (Lipinski definition) is 4. The second kappa shape index (κ2) is 6.97. The minimum absolute atomic E-state index is 0.109. The van der Waals surface area contributed by atoms with E-state index in [1.54, 1.807) is 24.0 Å². The van der Waals surface area contributed by atoms with Crippen LogP contribution < -0.4 is 5.32 Å². The van der Waals surface area contributed by atoms with Crippen molar-refractivity contribution in [1.29, 1.82) is 0 Å². The summed E-state index contributed by atoms with van der Waals surface area (Å²) >= 11 is 0. The molecule has 6 heteroatoms. The fraction of sp³-hybridized carbons (Fsp3) is 0.467. The molecule has 1 aliphatic rings. The molecule has 0 saturated carbocycles. The maximum atomic E-state index is 12.1. The Labute approximate surface area is 123 Å². The number of benzene rings is 1. The van der Waals surface area contributed by atoms with Gasteiger partial charge in [0.05, 0.1) is 12.5 Å². The first kappa shape index (κ1) is 15.2. The molecule has 1 aromatic carbocycles. The highest BCUT2D eigenvalue weighted by Gasteiger charge is 2.28. The van der Waals surface area contributed by atoms with E-state index in [9.17, 15) is 14.7 Å². The number of hydrogen-bond donors (Lipinski definition) is 2. The largest absolute Gasteiger partial charge is 0.508 e. The fourth-order valence-electron chi connectivity index (χ4n) is 2.33. The van der Waals surface area contributed by atoms with Gasteiger partial charge < -0.3 is 20.1 Å². The zero-order chi connectivity index (χ0) is 15.2. The van der Waals surface area contributed by atoms with E-state index in [4.69, 9.17) is 4.74 Å². The molecule has 0 aliphatic carbocycles. The summed E-state index contributed by atoms with van der Waals surface area (Å²) in [5.74, 6) is -0.123. The second-order valence-corrected chi connectivity index (χ2v) is 4.99. The topological polar surface area (TPSA) is 78.9 Å². The van der Waals surface area contributed by atoms with E-state index < -0.39 is 0 Å². The number of esters is 1. The first-order valence-electron chi connectivity index (χ1n) is 7.11. The van der Waals surface area contributed by atoms with Gasteiger partial charge in [-0.1, -0.05) is 0 Å². The van der Waals surface area contributed by atoms with Crippen LogP contribution in [0.25, 0.3) is 0 Å². The van der Waals surface area contributed by atoms with Gasteiger partial charge in [0.2, 0.25) is 0 Å². The number of nitrogens with zero attached hydrogens (tertiary/aromatic N) is 1. The molecule has 6 nitrogen and oxygen atoms in total. The third-order valence-electron chi connectivity index (χ3n) is 3.52.